The van der Waals surface area contributed by atoms with Crippen LogP contribution < -0.4 is 10.3 Å². The fourth-order valence-electron chi connectivity index (χ4n) is 2.21. The maximum Gasteiger partial charge on any atom is 0.212 e. The van der Waals surface area contributed by atoms with Crippen LogP contribution in [-0.4, -0.2) is 11.2 Å². The maximum atomic E-state index is 12.1. The summed E-state index contributed by atoms with van der Waals surface area (Å²) < 4.78 is 7.16. The molecule has 23 heavy (non-hydrogen) atoms. The van der Waals surface area contributed by atoms with Crippen molar-refractivity contribution in [3.63, 3.8) is 0 Å². The van der Waals surface area contributed by atoms with Gasteiger partial charge in [-0.2, -0.15) is 23.7 Å². The third-order valence-electron chi connectivity index (χ3n) is 3.31. The molecule has 0 aliphatic heterocycles. The Morgan fingerprint density at radius 2 is 2.13 bits per heavy atom. The zero-order chi connectivity index (χ0) is 16.1. The standard InChI is InChI=1S/C18H17ClNO2.Y/c1-4-6-11-22-14-7-8-15(13(3)12-14)17-10-9-16(19)18(21)20(17)5-2;/h7-9,12H,5,11H2,1-3H3;/q-1;. The van der Waals surface area contributed by atoms with Crippen LogP contribution in [0.1, 0.15) is 19.4 Å². The normalized spacial score (nSPS) is 9.57. The van der Waals surface area contributed by atoms with Crippen molar-refractivity contribution in [3.05, 3.63) is 51.3 Å². The molecule has 0 saturated carbocycles. The van der Waals surface area contributed by atoms with Gasteiger partial charge in [0.1, 0.15) is 12.4 Å². The summed E-state index contributed by atoms with van der Waals surface area (Å²) in [5.74, 6) is 6.39. The first-order valence-electron chi connectivity index (χ1n) is 7.03. The number of hydrogen-bond donors (Lipinski definition) is 0. The zero-order valence-corrected chi connectivity index (χ0v) is 17.0. The van der Waals surface area contributed by atoms with Crippen LogP contribution in [0.25, 0.3) is 11.3 Å². The van der Waals surface area contributed by atoms with Gasteiger partial charge < -0.3 is 9.30 Å². The first-order chi connectivity index (χ1) is 10.6. The van der Waals surface area contributed by atoms with Gasteiger partial charge in [0.2, 0.25) is 5.56 Å². The van der Waals surface area contributed by atoms with Crippen molar-refractivity contribution < 1.29 is 37.4 Å². The third kappa shape index (κ3) is 4.70. The molecule has 0 fully saturated rings. The smallest absolute Gasteiger partial charge is 0.212 e. The third-order valence-corrected chi connectivity index (χ3v) is 3.58. The van der Waals surface area contributed by atoms with Crippen LogP contribution in [-0.2, 0) is 39.3 Å². The van der Waals surface area contributed by atoms with Crippen LogP contribution >= 0.6 is 11.6 Å². The predicted molar refractivity (Wildman–Crippen MR) is 89.3 cm³/mol. The Morgan fingerprint density at radius 3 is 2.74 bits per heavy atom. The van der Waals surface area contributed by atoms with Crippen LogP contribution in [0.5, 0.6) is 5.75 Å². The fraction of sp³-hybridized carbons (Fsp3) is 0.278. The van der Waals surface area contributed by atoms with Gasteiger partial charge in [0.15, 0.2) is 0 Å². The maximum absolute atomic E-state index is 12.1. The Hall–Kier alpha value is -1.08. The van der Waals surface area contributed by atoms with Crippen molar-refractivity contribution in [3.8, 4) is 28.8 Å². The van der Waals surface area contributed by atoms with Crippen molar-refractivity contribution in [2.75, 3.05) is 6.61 Å². The van der Waals surface area contributed by atoms with Crippen molar-refractivity contribution in [1.82, 2.24) is 4.57 Å². The van der Waals surface area contributed by atoms with E-state index >= 15 is 0 Å². The molecule has 1 heterocycles. The monoisotopic (exact) mass is 403 g/mol. The average Bonchev–Trinajstić information content (AvgIpc) is 2.51. The molecule has 0 aliphatic rings. The van der Waals surface area contributed by atoms with Crippen LogP contribution in [0.2, 0.25) is 5.02 Å². The first-order valence-corrected chi connectivity index (χ1v) is 7.40. The molecule has 1 radical (unpaired) electrons. The molecule has 0 spiro atoms. The molecule has 0 N–H and O–H groups in total. The van der Waals surface area contributed by atoms with Crippen molar-refractivity contribution in [2.24, 2.45) is 0 Å². The number of halogens is 1. The summed E-state index contributed by atoms with van der Waals surface area (Å²) >= 11 is 5.89. The number of hydrogen-bond acceptors (Lipinski definition) is 2. The van der Waals surface area contributed by atoms with Gasteiger partial charge in [0.05, 0.1) is 0 Å². The number of benzene rings is 1. The van der Waals surface area contributed by atoms with Crippen molar-refractivity contribution in [1.29, 1.82) is 0 Å². The van der Waals surface area contributed by atoms with Crippen molar-refractivity contribution in [2.45, 2.75) is 27.3 Å². The molecule has 5 heteroatoms. The molecule has 2 rings (SSSR count). The van der Waals surface area contributed by atoms with Gasteiger partial charge in [-0.05, 0) is 26.0 Å². The SMILES string of the molecule is CC#CCOc1ccc(-c2[c-]cc(Cl)c(=O)n2CC)c(C)c1.[Y]. The van der Waals surface area contributed by atoms with E-state index in [1.807, 2.05) is 32.0 Å². The van der Waals surface area contributed by atoms with Gasteiger partial charge in [-0.3, -0.25) is 4.79 Å². The molecule has 0 atom stereocenters. The number of pyridine rings is 1. The number of aryl methyl sites for hydroxylation is 1. The summed E-state index contributed by atoms with van der Waals surface area (Å²) in [4.78, 5) is 12.1. The van der Waals surface area contributed by atoms with Gasteiger partial charge in [0, 0.05) is 44.3 Å². The van der Waals surface area contributed by atoms with E-state index in [0.29, 0.717) is 13.2 Å². The Labute approximate surface area is 166 Å². The quantitative estimate of drug-likeness (QED) is 0.576. The van der Waals surface area contributed by atoms with E-state index in [1.165, 1.54) is 6.07 Å². The molecule has 0 amide bonds. The van der Waals surface area contributed by atoms with E-state index in [1.54, 1.807) is 11.5 Å². The molecule has 0 unspecified atom stereocenters. The number of aromatic nitrogens is 1. The minimum absolute atomic E-state index is 0. The summed E-state index contributed by atoms with van der Waals surface area (Å²) in [6.07, 6.45) is 0. The molecule has 1 aromatic carbocycles. The van der Waals surface area contributed by atoms with Gasteiger partial charge in [-0.1, -0.05) is 29.7 Å². The summed E-state index contributed by atoms with van der Waals surface area (Å²) in [7, 11) is 0. The molecule has 3 nitrogen and oxygen atoms in total. The van der Waals surface area contributed by atoms with Crippen LogP contribution in [0.3, 0.4) is 0 Å². The van der Waals surface area contributed by atoms with E-state index in [-0.39, 0.29) is 43.3 Å². The van der Waals surface area contributed by atoms with Crippen LogP contribution in [0.15, 0.2) is 29.1 Å². The molecule has 117 valence electrons. The number of ether oxygens (including phenoxy) is 1. The van der Waals surface area contributed by atoms with Gasteiger partial charge in [0.25, 0.3) is 0 Å². The minimum atomic E-state index is -0.198. The second kappa shape index (κ2) is 9.28. The van der Waals surface area contributed by atoms with Crippen LogP contribution in [0, 0.1) is 24.8 Å². The molecule has 0 bridgehead atoms. The largest absolute Gasteiger partial charge is 0.481 e. The topological polar surface area (TPSA) is 31.2 Å². The summed E-state index contributed by atoms with van der Waals surface area (Å²) in [6, 6.07) is 10.3. The molecule has 2 aromatic rings. The Balaban J connectivity index is 0.00000264. The Bertz CT molecular complexity index is 803. The minimum Gasteiger partial charge on any atom is -0.481 e. The molecule has 0 aliphatic carbocycles. The molecular formula is C18H17ClNO2Y-. The summed E-state index contributed by atoms with van der Waals surface area (Å²) in [5, 5.41) is 0.182. The van der Waals surface area contributed by atoms with Crippen LogP contribution in [0.4, 0.5) is 0 Å². The summed E-state index contributed by atoms with van der Waals surface area (Å²) in [6.45, 7) is 6.56. The second-order valence-electron chi connectivity index (χ2n) is 4.73. The number of rotatable bonds is 4. The second-order valence-corrected chi connectivity index (χ2v) is 5.13. The average molecular weight is 404 g/mol. The first kappa shape index (κ1) is 20.0. The number of nitrogens with zero attached hydrogens (tertiary/aromatic N) is 1. The van der Waals surface area contributed by atoms with E-state index in [0.717, 1.165) is 22.6 Å². The zero-order valence-electron chi connectivity index (χ0n) is 13.4. The van der Waals surface area contributed by atoms with Gasteiger partial charge in [-0.25, -0.2) is 0 Å². The predicted octanol–water partition coefficient (Wildman–Crippen LogP) is 3.70. The Kier molecular flexibility index (Phi) is 8.05. The van der Waals surface area contributed by atoms with Crippen molar-refractivity contribution >= 4 is 11.6 Å². The van der Waals surface area contributed by atoms with E-state index in [9.17, 15) is 4.79 Å². The fourth-order valence-corrected chi connectivity index (χ4v) is 2.37. The van der Waals surface area contributed by atoms with E-state index < -0.39 is 0 Å². The molecule has 1 aromatic heterocycles. The molecular weight excluding hydrogens is 387 g/mol. The van der Waals surface area contributed by atoms with Gasteiger partial charge in [-0.15, -0.1) is 12.0 Å². The summed E-state index contributed by atoms with van der Waals surface area (Å²) in [5.41, 5.74) is 2.47. The molecule has 0 saturated heterocycles. The van der Waals surface area contributed by atoms with E-state index in [4.69, 9.17) is 16.3 Å². The van der Waals surface area contributed by atoms with E-state index in [2.05, 4.69) is 17.9 Å². The van der Waals surface area contributed by atoms with Gasteiger partial charge >= 0.3 is 0 Å². The Morgan fingerprint density at radius 1 is 1.39 bits per heavy atom.